The van der Waals surface area contributed by atoms with Gasteiger partial charge in [0.2, 0.25) is 0 Å². The quantitative estimate of drug-likeness (QED) is 0.301. The highest BCUT2D eigenvalue weighted by Gasteiger charge is 2.49. The van der Waals surface area contributed by atoms with Gasteiger partial charge < -0.3 is 13.3 Å². The third-order valence-corrected chi connectivity index (χ3v) is 8.24. The van der Waals surface area contributed by atoms with Crippen molar-refractivity contribution in [1.29, 1.82) is 0 Å². The van der Waals surface area contributed by atoms with Gasteiger partial charge in [-0.15, -0.1) is 0 Å². The average molecular weight is 365 g/mol. The molecule has 0 aliphatic heterocycles. The van der Waals surface area contributed by atoms with E-state index in [0.717, 1.165) is 31.4 Å². The van der Waals surface area contributed by atoms with Gasteiger partial charge in [-0.2, -0.15) is 0 Å². The van der Waals surface area contributed by atoms with Crippen LogP contribution in [-0.2, 0) is 18.1 Å². The highest BCUT2D eigenvalue weighted by Crippen LogP contribution is 2.35. The molecule has 0 aromatic heterocycles. The van der Waals surface area contributed by atoms with E-state index in [0.29, 0.717) is 26.2 Å². The molecule has 4 nitrogen and oxygen atoms in total. The van der Waals surface area contributed by atoms with Crippen molar-refractivity contribution in [2.24, 2.45) is 0 Å². The predicted molar refractivity (Wildman–Crippen MR) is 101 cm³/mol. The van der Waals surface area contributed by atoms with Crippen LogP contribution in [0, 0.1) is 0 Å². The lowest BCUT2D eigenvalue weighted by Gasteiger charge is -2.35. The summed E-state index contributed by atoms with van der Waals surface area (Å²) in [6.07, 6.45) is 5.88. The first-order valence-electron chi connectivity index (χ1n) is 9.17. The van der Waals surface area contributed by atoms with Gasteiger partial charge in [0.05, 0.1) is 0 Å². The zero-order chi connectivity index (χ0) is 17.6. The maximum absolute atomic E-state index is 12.3. The molecule has 6 heteroatoms. The third kappa shape index (κ3) is 9.24. The minimum Gasteiger partial charge on any atom is -0.374 e. The van der Waals surface area contributed by atoms with Crippen LogP contribution in [-0.4, -0.2) is 39.5 Å². The normalized spacial score (nSPS) is 13.3. The molecule has 138 valence electrons. The lowest BCUT2D eigenvalue weighted by atomic mass is 10.1. The van der Waals surface area contributed by atoms with Gasteiger partial charge >= 0.3 is 8.80 Å². The lowest BCUT2D eigenvalue weighted by Crippen LogP contribution is -2.51. The van der Waals surface area contributed by atoms with Crippen LogP contribution < -0.4 is 0 Å². The molecule has 0 amide bonds. The largest absolute Gasteiger partial charge is 0.504 e. The summed E-state index contributed by atoms with van der Waals surface area (Å²) in [4.78, 5) is 12.3. The van der Waals surface area contributed by atoms with Gasteiger partial charge in [-0.1, -0.05) is 44.9 Å². The number of rotatable bonds is 15. The maximum Gasteiger partial charge on any atom is 0.504 e. The first kappa shape index (κ1) is 23.1. The number of thioether (sulfide) groups is 1. The Hall–Kier alpha value is 0.117. The maximum atomic E-state index is 12.3. The standard InChI is InChI=1S/C17H36O4SSi/c1-6-11-12-13-16(15-17(18)22-14-7-2)23(19-8-3,20-9-4)21-10-5/h16H,6-15H2,1-5H3. The number of unbranched alkanes of at least 4 members (excludes halogenated alkanes) is 2. The summed E-state index contributed by atoms with van der Waals surface area (Å²) in [6.45, 7) is 11.9. The van der Waals surface area contributed by atoms with Crippen molar-refractivity contribution in [2.75, 3.05) is 25.6 Å². The van der Waals surface area contributed by atoms with Crippen LogP contribution >= 0.6 is 11.8 Å². The summed E-state index contributed by atoms with van der Waals surface area (Å²) >= 11 is 1.43. The minimum atomic E-state index is -2.81. The van der Waals surface area contributed by atoms with E-state index >= 15 is 0 Å². The highest BCUT2D eigenvalue weighted by molar-refractivity contribution is 8.13. The average Bonchev–Trinajstić information content (AvgIpc) is 2.52. The molecule has 0 fully saturated rings. The van der Waals surface area contributed by atoms with Crippen molar-refractivity contribution in [3.8, 4) is 0 Å². The summed E-state index contributed by atoms with van der Waals surface area (Å²) in [5, 5.41) is 0.240. The minimum absolute atomic E-state index is 0.0748. The van der Waals surface area contributed by atoms with Crippen LogP contribution in [0.4, 0.5) is 0 Å². The van der Waals surface area contributed by atoms with E-state index in [9.17, 15) is 4.79 Å². The van der Waals surface area contributed by atoms with Gasteiger partial charge in [0.15, 0.2) is 5.12 Å². The van der Waals surface area contributed by atoms with E-state index in [1.165, 1.54) is 18.2 Å². The van der Waals surface area contributed by atoms with E-state index < -0.39 is 8.80 Å². The highest BCUT2D eigenvalue weighted by atomic mass is 32.2. The Kier molecular flexibility index (Phi) is 14.5. The second-order valence-electron chi connectivity index (χ2n) is 5.52. The Bertz CT molecular complexity index is 285. The topological polar surface area (TPSA) is 44.8 Å². The van der Waals surface area contributed by atoms with Crippen molar-refractivity contribution in [1.82, 2.24) is 0 Å². The molecular formula is C17H36O4SSi. The Morgan fingerprint density at radius 1 is 0.913 bits per heavy atom. The van der Waals surface area contributed by atoms with Gasteiger partial charge in [0.25, 0.3) is 0 Å². The molecule has 0 radical (unpaired) electrons. The van der Waals surface area contributed by atoms with E-state index in [-0.39, 0.29) is 10.7 Å². The fourth-order valence-corrected chi connectivity index (χ4v) is 6.66. The van der Waals surface area contributed by atoms with E-state index in [2.05, 4.69) is 13.8 Å². The molecule has 1 atom stereocenters. The van der Waals surface area contributed by atoms with Crippen molar-refractivity contribution in [3.63, 3.8) is 0 Å². The summed E-state index contributed by atoms with van der Waals surface area (Å²) < 4.78 is 18.1. The molecule has 0 aliphatic rings. The first-order chi connectivity index (χ1) is 11.1. The van der Waals surface area contributed by atoms with Gasteiger partial charge in [-0.25, -0.2) is 0 Å². The first-order valence-corrected chi connectivity index (χ1v) is 12.0. The number of hydrogen-bond donors (Lipinski definition) is 0. The molecule has 0 spiro atoms. The summed E-state index contributed by atoms with van der Waals surface area (Å²) in [5.41, 5.74) is 0.0748. The molecule has 1 unspecified atom stereocenters. The zero-order valence-electron chi connectivity index (χ0n) is 15.7. The van der Waals surface area contributed by atoms with Crippen LogP contribution in [0.25, 0.3) is 0 Å². The van der Waals surface area contributed by atoms with Crippen LogP contribution in [0.15, 0.2) is 0 Å². The summed E-state index contributed by atoms with van der Waals surface area (Å²) in [5.74, 6) is 0.882. The fraction of sp³-hybridized carbons (Fsp3) is 0.941. The van der Waals surface area contributed by atoms with E-state index in [1.807, 2.05) is 20.8 Å². The summed E-state index contributed by atoms with van der Waals surface area (Å²) in [7, 11) is -2.81. The second-order valence-corrected chi connectivity index (χ2v) is 9.56. The van der Waals surface area contributed by atoms with Crippen molar-refractivity contribution < 1.29 is 18.1 Å². The SMILES string of the molecule is CCCCCC(CC(=O)SCCC)[Si](OCC)(OCC)OCC. The number of carbonyl (C=O) groups is 1. The lowest BCUT2D eigenvalue weighted by molar-refractivity contribution is -0.111. The zero-order valence-corrected chi connectivity index (χ0v) is 17.5. The molecule has 0 N–H and O–H groups in total. The second kappa shape index (κ2) is 14.5. The van der Waals surface area contributed by atoms with Gasteiger partial charge in [0, 0.05) is 37.5 Å². The molecule has 0 bridgehead atoms. The molecule has 0 aromatic carbocycles. The van der Waals surface area contributed by atoms with Crippen LogP contribution in [0.1, 0.15) is 73.1 Å². The molecule has 0 aromatic rings. The molecule has 0 saturated heterocycles. The van der Waals surface area contributed by atoms with Gasteiger partial charge in [0.1, 0.15) is 0 Å². The predicted octanol–water partition coefficient (Wildman–Crippen LogP) is 5.05. The Balaban J connectivity index is 5.13. The molecule has 0 heterocycles. The monoisotopic (exact) mass is 364 g/mol. The Morgan fingerprint density at radius 3 is 1.91 bits per heavy atom. The third-order valence-electron chi connectivity index (χ3n) is 3.57. The Morgan fingerprint density at radius 2 is 1.48 bits per heavy atom. The Labute approximate surface area is 148 Å². The van der Waals surface area contributed by atoms with Gasteiger partial charge in [-0.05, 0) is 33.6 Å². The fourth-order valence-electron chi connectivity index (χ4n) is 2.60. The number of carbonyl (C=O) groups excluding carboxylic acids is 1. The van der Waals surface area contributed by atoms with Crippen molar-refractivity contribution in [2.45, 2.75) is 78.7 Å². The van der Waals surface area contributed by atoms with Gasteiger partial charge in [-0.3, -0.25) is 4.79 Å². The molecule has 0 saturated carbocycles. The van der Waals surface area contributed by atoms with E-state index in [1.54, 1.807) is 0 Å². The molecular weight excluding hydrogens is 328 g/mol. The van der Waals surface area contributed by atoms with E-state index in [4.69, 9.17) is 13.3 Å². The van der Waals surface area contributed by atoms with Crippen LogP contribution in [0.3, 0.4) is 0 Å². The van der Waals surface area contributed by atoms with Crippen LogP contribution in [0.5, 0.6) is 0 Å². The molecule has 0 rings (SSSR count). The molecule has 23 heavy (non-hydrogen) atoms. The van der Waals surface area contributed by atoms with Crippen LogP contribution in [0.2, 0.25) is 5.54 Å². The number of hydrogen-bond acceptors (Lipinski definition) is 5. The summed E-state index contributed by atoms with van der Waals surface area (Å²) in [6, 6.07) is 0. The van der Waals surface area contributed by atoms with Crippen molar-refractivity contribution >= 4 is 25.7 Å². The molecule has 0 aliphatic carbocycles. The van der Waals surface area contributed by atoms with Crippen molar-refractivity contribution in [3.05, 3.63) is 0 Å². The smallest absolute Gasteiger partial charge is 0.374 e.